The van der Waals surface area contributed by atoms with E-state index in [9.17, 15) is 9.18 Å². The summed E-state index contributed by atoms with van der Waals surface area (Å²) in [7, 11) is 0. The Labute approximate surface area is 206 Å². The van der Waals surface area contributed by atoms with E-state index in [0.29, 0.717) is 34.7 Å². The molecule has 1 aliphatic heterocycles. The maximum atomic E-state index is 13.1. The number of nitrogens with zero attached hydrogens (tertiary/aromatic N) is 3. The predicted molar refractivity (Wildman–Crippen MR) is 129 cm³/mol. The monoisotopic (exact) mass is 493 g/mol. The van der Waals surface area contributed by atoms with E-state index in [1.165, 1.54) is 23.9 Å². The Morgan fingerprint density at radius 2 is 1.89 bits per heavy atom. The van der Waals surface area contributed by atoms with Crippen LogP contribution < -0.4 is 9.47 Å². The zero-order valence-corrected chi connectivity index (χ0v) is 20.2. The molecular formula is C26H24FN3O4S. The Morgan fingerprint density at radius 3 is 2.69 bits per heavy atom. The van der Waals surface area contributed by atoms with Gasteiger partial charge in [-0.25, -0.2) is 4.39 Å². The largest absolute Gasteiger partial charge is 0.485 e. The number of fused-ring (bicyclic) bond motifs is 1. The van der Waals surface area contributed by atoms with Gasteiger partial charge in [-0.2, -0.15) is 0 Å². The van der Waals surface area contributed by atoms with E-state index in [2.05, 4.69) is 14.8 Å². The highest BCUT2D eigenvalue weighted by atomic mass is 32.2. The van der Waals surface area contributed by atoms with Gasteiger partial charge in [0.05, 0.1) is 5.75 Å². The van der Waals surface area contributed by atoms with Gasteiger partial charge in [-0.3, -0.25) is 4.79 Å². The topological polar surface area (TPSA) is 79.4 Å². The van der Waals surface area contributed by atoms with Crippen molar-refractivity contribution in [3.05, 3.63) is 88.8 Å². The van der Waals surface area contributed by atoms with Crippen molar-refractivity contribution in [2.75, 3.05) is 12.4 Å². The fourth-order valence-corrected chi connectivity index (χ4v) is 4.73. The SMILES string of the molecule is Cc1cc(C(=O)CSc2nnc([C@H]3COc4ccccc4O3)o2)c(C)n1CCc1ccc(F)cc1. The second-order valence-electron chi connectivity index (χ2n) is 8.30. The van der Waals surface area contributed by atoms with Gasteiger partial charge in [0.2, 0.25) is 6.10 Å². The predicted octanol–water partition coefficient (Wildman–Crippen LogP) is 5.36. The molecule has 0 radical (unpaired) electrons. The fourth-order valence-electron chi connectivity index (χ4n) is 4.07. The average molecular weight is 494 g/mol. The van der Waals surface area contributed by atoms with Crippen LogP contribution in [-0.2, 0) is 13.0 Å². The van der Waals surface area contributed by atoms with Gasteiger partial charge in [0.25, 0.3) is 11.1 Å². The van der Waals surface area contributed by atoms with Crippen LogP contribution in [0.1, 0.15) is 39.3 Å². The third-order valence-corrected chi connectivity index (χ3v) is 6.76. The number of aryl methyl sites for hydroxylation is 2. The first kappa shape index (κ1) is 23.2. The van der Waals surface area contributed by atoms with Crippen molar-refractivity contribution in [1.29, 1.82) is 0 Å². The minimum atomic E-state index is -0.498. The number of para-hydroxylation sites is 2. The Kier molecular flexibility index (Phi) is 6.59. The molecule has 3 heterocycles. The molecule has 0 spiro atoms. The molecule has 2 aromatic carbocycles. The van der Waals surface area contributed by atoms with Crippen LogP contribution in [0.4, 0.5) is 4.39 Å². The Balaban J connectivity index is 1.19. The normalized spacial score (nSPS) is 14.8. The van der Waals surface area contributed by atoms with Gasteiger partial charge in [0.1, 0.15) is 12.4 Å². The van der Waals surface area contributed by atoms with Crippen LogP contribution >= 0.6 is 11.8 Å². The second-order valence-corrected chi connectivity index (χ2v) is 9.22. The van der Waals surface area contributed by atoms with Crippen LogP contribution in [0, 0.1) is 19.7 Å². The van der Waals surface area contributed by atoms with Crippen molar-refractivity contribution >= 4 is 17.5 Å². The van der Waals surface area contributed by atoms with Gasteiger partial charge in [-0.1, -0.05) is 36.0 Å². The lowest BCUT2D eigenvalue weighted by molar-refractivity contribution is 0.0686. The van der Waals surface area contributed by atoms with Crippen LogP contribution in [0.5, 0.6) is 11.5 Å². The molecule has 0 unspecified atom stereocenters. The maximum absolute atomic E-state index is 13.1. The van der Waals surface area contributed by atoms with E-state index in [1.54, 1.807) is 12.1 Å². The number of halogens is 1. The molecular weight excluding hydrogens is 469 g/mol. The number of benzene rings is 2. The minimum absolute atomic E-state index is 0.0120. The summed E-state index contributed by atoms with van der Waals surface area (Å²) in [6.45, 7) is 4.91. The molecule has 0 amide bonds. The van der Waals surface area contributed by atoms with E-state index in [1.807, 2.05) is 44.2 Å². The van der Waals surface area contributed by atoms with E-state index in [4.69, 9.17) is 13.9 Å². The minimum Gasteiger partial charge on any atom is -0.485 e. The van der Waals surface area contributed by atoms with E-state index >= 15 is 0 Å². The molecule has 0 saturated carbocycles. The number of hydrogen-bond acceptors (Lipinski definition) is 7. The molecule has 35 heavy (non-hydrogen) atoms. The fraction of sp³-hybridized carbons (Fsp3) is 0.269. The lowest BCUT2D eigenvalue weighted by Gasteiger charge is -2.23. The number of rotatable bonds is 8. The molecule has 180 valence electrons. The highest BCUT2D eigenvalue weighted by Gasteiger charge is 2.27. The summed E-state index contributed by atoms with van der Waals surface area (Å²) in [6, 6.07) is 15.8. The van der Waals surface area contributed by atoms with Crippen LogP contribution in [0.25, 0.3) is 0 Å². The molecule has 1 aliphatic rings. The summed E-state index contributed by atoms with van der Waals surface area (Å²) < 4.78 is 32.6. The smallest absolute Gasteiger partial charge is 0.277 e. The number of aromatic nitrogens is 3. The number of hydrogen-bond donors (Lipinski definition) is 0. The first-order chi connectivity index (χ1) is 17.0. The summed E-state index contributed by atoms with van der Waals surface area (Å²) in [5.41, 5.74) is 3.64. The molecule has 5 rings (SSSR count). The summed E-state index contributed by atoms with van der Waals surface area (Å²) in [4.78, 5) is 13.0. The summed E-state index contributed by atoms with van der Waals surface area (Å²) in [5, 5.41) is 8.44. The van der Waals surface area contributed by atoms with Crippen molar-refractivity contribution < 1.29 is 23.1 Å². The summed E-state index contributed by atoms with van der Waals surface area (Å²) in [5.74, 6) is 1.54. The van der Waals surface area contributed by atoms with Crippen molar-refractivity contribution in [3.8, 4) is 11.5 Å². The van der Waals surface area contributed by atoms with Crippen molar-refractivity contribution in [2.45, 2.75) is 38.1 Å². The van der Waals surface area contributed by atoms with Gasteiger partial charge >= 0.3 is 0 Å². The number of ether oxygens (including phenoxy) is 2. The number of carbonyl (C=O) groups is 1. The Morgan fingerprint density at radius 1 is 1.11 bits per heavy atom. The zero-order valence-electron chi connectivity index (χ0n) is 19.4. The zero-order chi connectivity index (χ0) is 24.4. The molecule has 1 atom stereocenters. The van der Waals surface area contributed by atoms with Gasteiger partial charge in [-0.05, 0) is 56.2 Å². The average Bonchev–Trinajstić information content (AvgIpc) is 3.46. The molecule has 0 N–H and O–H groups in total. The Bertz CT molecular complexity index is 1350. The van der Waals surface area contributed by atoms with E-state index in [-0.39, 0.29) is 24.0 Å². The van der Waals surface area contributed by atoms with Crippen LogP contribution in [0.3, 0.4) is 0 Å². The lowest BCUT2D eigenvalue weighted by atomic mass is 10.1. The number of Topliss-reactive ketones (excluding diaryl/α,β-unsaturated/α-hetero) is 1. The molecule has 0 saturated heterocycles. The van der Waals surface area contributed by atoms with Crippen molar-refractivity contribution in [1.82, 2.24) is 14.8 Å². The maximum Gasteiger partial charge on any atom is 0.277 e. The molecule has 9 heteroatoms. The van der Waals surface area contributed by atoms with Crippen LogP contribution in [0.15, 0.2) is 64.2 Å². The molecule has 7 nitrogen and oxygen atoms in total. The van der Waals surface area contributed by atoms with Crippen LogP contribution in [-0.4, -0.2) is 32.9 Å². The standard InChI is InChI=1S/C26H24FN3O4S/c1-16-13-20(17(2)30(16)12-11-18-7-9-19(27)10-8-18)21(31)15-35-26-29-28-25(34-26)24-14-32-22-5-3-4-6-23(22)33-24/h3-10,13,24H,11-12,14-15H2,1-2H3/t24-/m1/s1. The van der Waals surface area contributed by atoms with Crippen molar-refractivity contribution in [3.63, 3.8) is 0 Å². The third kappa shape index (κ3) is 5.09. The van der Waals surface area contributed by atoms with Gasteiger partial charge in [-0.15, -0.1) is 10.2 Å². The van der Waals surface area contributed by atoms with Crippen LogP contribution in [0.2, 0.25) is 0 Å². The quantitative estimate of drug-likeness (QED) is 0.242. The third-order valence-electron chi connectivity index (χ3n) is 5.94. The van der Waals surface area contributed by atoms with Gasteiger partial charge in [0.15, 0.2) is 17.3 Å². The first-order valence-corrected chi connectivity index (χ1v) is 12.3. The first-order valence-electron chi connectivity index (χ1n) is 11.3. The molecule has 0 aliphatic carbocycles. The highest BCUT2D eigenvalue weighted by Crippen LogP contribution is 2.36. The van der Waals surface area contributed by atoms with E-state index < -0.39 is 6.10 Å². The Hall–Kier alpha value is -3.59. The number of ketones is 1. The molecule has 4 aromatic rings. The highest BCUT2D eigenvalue weighted by molar-refractivity contribution is 7.99. The lowest BCUT2D eigenvalue weighted by Crippen LogP contribution is -2.21. The number of thioether (sulfide) groups is 1. The molecule has 0 bridgehead atoms. The van der Waals surface area contributed by atoms with Crippen molar-refractivity contribution in [2.24, 2.45) is 0 Å². The number of carbonyl (C=O) groups excluding carboxylic acids is 1. The van der Waals surface area contributed by atoms with Gasteiger partial charge in [0, 0.05) is 23.5 Å². The molecule has 2 aromatic heterocycles. The summed E-state index contributed by atoms with van der Waals surface area (Å²) in [6.07, 6.45) is 0.254. The summed E-state index contributed by atoms with van der Waals surface area (Å²) >= 11 is 1.20. The van der Waals surface area contributed by atoms with E-state index in [0.717, 1.165) is 23.4 Å². The second kappa shape index (κ2) is 9.95. The van der Waals surface area contributed by atoms with Gasteiger partial charge < -0.3 is 18.5 Å². The molecule has 0 fully saturated rings.